The van der Waals surface area contributed by atoms with Crippen LogP contribution in [0.3, 0.4) is 0 Å². The Bertz CT molecular complexity index is 1840. The number of ether oxygens (including phenoxy) is 1. The number of benzene rings is 2. The highest BCUT2D eigenvalue weighted by atomic mass is 35.5. The Hall–Kier alpha value is -4.28. The van der Waals surface area contributed by atoms with Crippen LogP contribution in [-0.2, 0) is 29.0 Å². The van der Waals surface area contributed by atoms with Crippen molar-refractivity contribution in [3.8, 4) is 5.00 Å². The lowest BCUT2D eigenvalue weighted by Gasteiger charge is -2.13. The van der Waals surface area contributed by atoms with Gasteiger partial charge in [0.2, 0.25) is 0 Å². The number of amides is 1. The summed E-state index contributed by atoms with van der Waals surface area (Å²) in [7, 11) is 0. The lowest BCUT2D eigenvalue weighted by Crippen LogP contribution is -2.27. The summed E-state index contributed by atoms with van der Waals surface area (Å²) in [5.41, 5.74) is 2.46. The zero-order chi connectivity index (χ0) is 31.9. The van der Waals surface area contributed by atoms with E-state index in [0.717, 1.165) is 41.5 Å². The summed E-state index contributed by atoms with van der Waals surface area (Å²) in [5.74, 6) is 0.522. The summed E-state index contributed by atoms with van der Waals surface area (Å²) in [6.07, 6.45) is 3.53. The minimum atomic E-state index is -0.238. The molecule has 1 amide bonds. The number of hydrogen-bond donors (Lipinski definition) is 1. The largest absolute Gasteiger partial charge is 0.466 e. The maximum Gasteiger partial charge on any atom is 0.305 e. The SMILES string of the molecule is CCOC(=O)CCCCCn1c(C(=O)NCc2nnc(C)n2-c2sc(CC)cc2C(=O)c2ccccc2Cl)cc2ccccc21. The van der Waals surface area contributed by atoms with E-state index in [1.807, 2.05) is 59.4 Å². The number of halogens is 1. The number of rotatable bonds is 14. The third-order valence-corrected chi connectivity index (χ3v) is 9.18. The smallest absolute Gasteiger partial charge is 0.305 e. The number of carbonyl (C=O) groups is 3. The van der Waals surface area contributed by atoms with Crippen LogP contribution in [0.25, 0.3) is 15.9 Å². The maximum absolute atomic E-state index is 13.7. The van der Waals surface area contributed by atoms with Gasteiger partial charge in [0.1, 0.15) is 16.5 Å². The van der Waals surface area contributed by atoms with Crippen molar-refractivity contribution in [3.63, 3.8) is 0 Å². The molecule has 0 aliphatic heterocycles. The van der Waals surface area contributed by atoms with E-state index in [1.165, 1.54) is 11.3 Å². The molecule has 3 heterocycles. The van der Waals surface area contributed by atoms with Gasteiger partial charge in [-0.1, -0.05) is 55.3 Å². The van der Waals surface area contributed by atoms with E-state index in [9.17, 15) is 14.4 Å². The van der Waals surface area contributed by atoms with Gasteiger partial charge < -0.3 is 14.6 Å². The van der Waals surface area contributed by atoms with E-state index < -0.39 is 0 Å². The molecule has 0 radical (unpaired) electrons. The van der Waals surface area contributed by atoms with E-state index in [-0.39, 0.29) is 24.2 Å². The van der Waals surface area contributed by atoms with E-state index in [1.54, 1.807) is 31.2 Å². The highest BCUT2D eigenvalue weighted by molar-refractivity contribution is 7.15. The molecule has 0 unspecified atom stereocenters. The summed E-state index contributed by atoms with van der Waals surface area (Å²) in [4.78, 5) is 40.0. The second-order valence-electron chi connectivity index (χ2n) is 10.6. The molecule has 11 heteroatoms. The van der Waals surface area contributed by atoms with E-state index >= 15 is 0 Å². The molecule has 9 nitrogen and oxygen atoms in total. The lowest BCUT2D eigenvalue weighted by molar-refractivity contribution is -0.143. The Balaban J connectivity index is 1.36. The molecule has 1 N–H and O–H groups in total. The third-order valence-electron chi connectivity index (χ3n) is 7.59. The fourth-order valence-electron chi connectivity index (χ4n) is 5.35. The minimum Gasteiger partial charge on any atom is -0.466 e. The molecule has 0 saturated carbocycles. The predicted octanol–water partition coefficient (Wildman–Crippen LogP) is 7.09. The van der Waals surface area contributed by atoms with E-state index in [0.29, 0.717) is 58.1 Å². The van der Waals surface area contributed by atoms with Crippen LogP contribution in [-0.4, -0.2) is 43.6 Å². The van der Waals surface area contributed by atoms with Crippen molar-refractivity contribution in [2.45, 2.75) is 66.0 Å². The number of fused-ring (bicyclic) bond motifs is 1. The standard InChI is InChI=1S/C34H36ClN5O4S/c1-4-24-20-26(32(42)25-14-9-10-15-27(25)35)34(45-24)40-22(3)37-38-30(40)21-36-33(43)29-19-23-13-8-11-16-28(23)39(29)18-12-6-7-17-31(41)44-5-2/h8-11,13-16,19-20H,4-7,12,17-18,21H2,1-3H3,(H,36,43). The van der Waals surface area contributed by atoms with Crippen molar-refractivity contribution < 1.29 is 19.1 Å². The molecular weight excluding hydrogens is 610 g/mol. The zero-order valence-corrected chi connectivity index (χ0v) is 27.2. The van der Waals surface area contributed by atoms with Gasteiger partial charge in [-0.05, 0) is 63.4 Å². The molecule has 0 aliphatic carbocycles. The molecule has 5 rings (SSSR count). The summed E-state index contributed by atoms with van der Waals surface area (Å²) in [6, 6.07) is 18.7. The van der Waals surface area contributed by atoms with Crippen molar-refractivity contribution in [2.75, 3.05) is 6.61 Å². The van der Waals surface area contributed by atoms with Gasteiger partial charge in [0, 0.05) is 34.3 Å². The lowest BCUT2D eigenvalue weighted by atomic mass is 10.0. The number of carbonyl (C=O) groups excluding carboxylic acids is 3. The first-order valence-electron chi connectivity index (χ1n) is 15.2. The molecule has 3 aromatic heterocycles. The molecule has 0 saturated heterocycles. The average molecular weight is 646 g/mol. The normalized spacial score (nSPS) is 11.2. The number of esters is 1. The Morgan fingerprint density at radius 2 is 1.73 bits per heavy atom. The minimum absolute atomic E-state index is 0.111. The van der Waals surface area contributed by atoms with Gasteiger partial charge in [-0.2, -0.15) is 0 Å². The van der Waals surface area contributed by atoms with Crippen LogP contribution < -0.4 is 5.32 Å². The van der Waals surface area contributed by atoms with Crippen LogP contribution in [0.2, 0.25) is 5.02 Å². The van der Waals surface area contributed by atoms with E-state index in [4.69, 9.17) is 16.3 Å². The Morgan fingerprint density at radius 3 is 2.51 bits per heavy atom. The van der Waals surface area contributed by atoms with Crippen LogP contribution in [0.1, 0.15) is 82.5 Å². The quantitative estimate of drug-likeness (QED) is 0.0785. The number of para-hydroxylation sites is 1. The van der Waals surface area contributed by atoms with Crippen LogP contribution >= 0.6 is 22.9 Å². The number of thiophene rings is 1. The molecule has 0 atom stereocenters. The second-order valence-corrected chi connectivity index (χ2v) is 12.2. The fourth-order valence-corrected chi connectivity index (χ4v) is 6.73. The van der Waals surface area contributed by atoms with Gasteiger partial charge in [0.15, 0.2) is 11.6 Å². The number of unbranched alkanes of at least 4 members (excludes halogenated alkanes) is 2. The second kappa shape index (κ2) is 14.7. The van der Waals surface area contributed by atoms with Crippen molar-refractivity contribution >= 4 is 51.5 Å². The van der Waals surface area contributed by atoms with Gasteiger partial charge in [0.25, 0.3) is 5.91 Å². The molecule has 0 aliphatic rings. The Morgan fingerprint density at radius 1 is 0.956 bits per heavy atom. The third kappa shape index (κ3) is 7.18. The first-order valence-corrected chi connectivity index (χ1v) is 16.4. The molecule has 234 valence electrons. The highest BCUT2D eigenvalue weighted by Gasteiger charge is 2.24. The van der Waals surface area contributed by atoms with Gasteiger partial charge in [0.05, 0.1) is 23.7 Å². The Kier molecular flexibility index (Phi) is 10.5. The summed E-state index contributed by atoms with van der Waals surface area (Å²) >= 11 is 7.89. The highest BCUT2D eigenvalue weighted by Crippen LogP contribution is 2.32. The van der Waals surface area contributed by atoms with Crippen LogP contribution in [0.5, 0.6) is 0 Å². The number of aromatic nitrogens is 4. The Labute approximate surface area is 271 Å². The van der Waals surface area contributed by atoms with Gasteiger partial charge in [-0.15, -0.1) is 21.5 Å². The van der Waals surface area contributed by atoms with Gasteiger partial charge >= 0.3 is 5.97 Å². The average Bonchev–Trinajstić information content (AvgIpc) is 3.74. The first kappa shape index (κ1) is 32.1. The monoisotopic (exact) mass is 645 g/mol. The molecule has 0 fully saturated rings. The number of nitrogens with zero attached hydrogens (tertiary/aromatic N) is 4. The molecule has 0 spiro atoms. The fraction of sp³-hybridized carbons (Fsp3) is 0.324. The summed E-state index contributed by atoms with van der Waals surface area (Å²) in [6.45, 7) is 6.80. The van der Waals surface area contributed by atoms with Crippen molar-refractivity contribution in [3.05, 3.63) is 99.0 Å². The van der Waals surface area contributed by atoms with Crippen LogP contribution in [0.15, 0.2) is 60.7 Å². The molecule has 2 aromatic carbocycles. The van der Waals surface area contributed by atoms with Crippen LogP contribution in [0.4, 0.5) is 0 Å². The molecular formula is C34H36ClN5O4S. The number of ketones is 1. The topological polar surface area (TPSA) is 108 Å². The maximum atomic E-state index is 13.7. The van der Waals surface area contributed by atoms with Crippen molar-refractivity contribution in [1.82, 2.24) is 24.6 Å². The molecule has 45 heavy (non-hydrogen) atoms. The summed E-state index contributed by atoms with van der Waals surface area (Å²) < 4.78 is 8.89. The molecule has 0 bridgehead atoms. The number of hydrogen-bond acceptors (Lipinski definition) is 7. The number of nitrogens with one attached hydrogen (secondary N) is 1. The predicted molar refractivity (Wildman–Crippen MR) is 176 cm³/mol. The zero-order valence-electron chi connectivity index (χ0n) is 25.6. The van der Waals surface area contributed by atoms with Crippen molar-refractivity contribution in [1.29, 1.82) is 0 Å². The summed E-state index contributed by atoms with van der Waals surface area (Å²) in [5, 5.41) is 13.8. The van der Waals surface area contributed by atoms with Gasteiger partial charge in [-0.3, -0.25) is 19.0 Å². The van der Waals surface area contributed by atoms with Crippen LogP contribution in [0, 0.1) is 6.92 Å². The first-order chi connectivity index (χ1) is 21.8. The number of aryl methyl sites for hydroxylation is 3. The van der Waals surface area contributed by atoms with E-state index in [2.05, 4.69) is 15.5 Å². The van der Waals surface area contributed by atoms with Gasteiger partial charge in [-0.25, -0.2) is 0 Å². The molecule has 5 aromatic rings. The van der Waals surface area contributed by atoms with Crippen molar-refractivity contribution in [2.24, 2.45) is 0 Å².